The van der Waals surface area contributed by atoms with Gasteiger partial charge in [-0.3, -0.25) is 4.79 Å². The standard InChI is InChI=1S/C24H24ClFN4O4/c1-16-22(23(25)30(27-16)19-5-3-17(26)4-6-19)24(32)34-15-21(31)29-13-11-28(12-14-29)18-7-9-20(33-2)10-8-18/h3-10H,11-15H2,1-2H3. The van der Waals surface area contributed by atoms with Crippen molar-refractivity contribution in [1.82, 2.24) is 14.7 Å². The van der Waals surface area contributed by atoms with E-state index in [-0.39, 0.29) is 16.6 Å². The maximum Gasteiger partial charge on any atom is 0.343 e. The topological polar surface area (TPSA) is 76.9 Å². The molecule has 1 aromatic heterocycles. The molecule has 1 saturated heterocycles. The van der Waals surface area contributed by atoms with E-state index in [4.69, 9.17) is 21.1 Å². The van der Waals surface area contributed by atoms with Gasteiger partial charge in [0.25, 0.3) is 5.91 Å². The number of halogens is 2. The second kappa shape index (κ2) is 10.1. The average Bonchev–Trinajstić information content (AvgIpc) is 3.16. The van der Waals surface area contributed by atoms with Gasteiger partial charge in [-0.05, 0) is 55.5 Å². The van der Waals surface area contributed by atoms with Gasteiger partial charge in [0.05, 0.1) is 18.5 Å². The summed E-state index contributed by atoms with van der Waals surface area (Å²) in [5.74, 6) is -0.617. The lowest BCUT2D eigenvalue weighted by molar-refractivity contribution is -0.134. The lowest BCUT2D eigenvalue weighted by Crippen LogP contribution is -2.49. The Morgan fingerprint density at radius 1 is 1.00 bits per heavy atom. The van der Waals surface area contributed by atoms with E-state index in [1.807, 2.05) is 24.3 Å². The van der Waals surface area contributed by atoms with Crippen LogP contribution in [-0.4, -0.2) is 66.5 Å². The minimum absolute atomic E-state index is 0.0367. The minimum Gasteiger partial charge on any atom is -0.497 e. The number of hydrogen-bond donors (Lipinski definition) is 0. The summed E-state index contributed by atoms with van der Waals surface area (Å²) in [6.45, 7) is 3.60. The van der Waals surface area contributed by atoms with Crippen molar-refractivity contribution in [3.8, 4) is 11.4 Å². The van der Waals surface area contributed by atoms with E-state index >= 15 is 0 Å². The summed E-state index contributed by atoms with van der Waals surface area (Å²) in [5.41, 5.74) is 1.98. The first-order valence-corrected chi connectivity index (χ1v) is 11.1. The van der Waals surface area contributed by atoms with Gasteiger partial charge in [0.2, 0.25) is 0 Å². The largest absolute Gasteiger partial charge is 0.497 e. The van der Waals surface area contributed by atoms with Crippen LogP contribution in [0.4, 0.5) is 10.1 Å². The number of ether oxygens (including phenoxy) is 2. The van der Waals surface area contributed by atoms with Crippen LogP contribution in [-0.2, 0) is 9.53 Å². The summed E-state index contributed by atoms with van der Waals surface area (Å²) in [5, 5.41) is 4.29. The van der Waals surface area contributed by atoms with Crippen molar-refractivity contribution in [3.05, 3.63) is 70.8 Å². The molecule has 0 unspecified atom stereocenters. The van der Waals surface area contributed by atoms with Crippen LogP contribution >= 0.6 is 11.6 Å². The Balaban J connectivity index is 1.33. The Morgan fingerprint density at radius 2 is 1.62 bits per heavy atom. The molecule has 0 atom stereocenters. The van der Waals surface area contributed by atoms with Crippen molar-refractivity contribution in [1.29, 1.82) is 0 Å². The summed E-state index contributed by atoms with van der Waals surface area (Å²) < 4.78 is 25.0. The molecule has 1 fully saturated rings. The number of carbonyl (C=O) groups is 2. The minimum atomic E-state index is -0.735. The second-order valence-electron chi connectivity index (χ2n) is 7.78. The highest BCUT2D eigenvalue weighted by molar-refractivity contribution is 6.33. The number of hydrogen-bond acceptors (Lipinski definition) is 6. The van der Waals surface area contributed by atoms with Gasteiger partial charge in [-0.15, -0.1) is 0 Å². The number of esters is 1. The maximum atomic E-state index is 13.2. The van der Waals surface area contributed by atoms with E-state index in [1.54, 1.807) is 18.9 Å². The number of benzene rings is 2. The molecule has 0 N–H and O–H groups in total. The van der Waals surface area contributed by atoms with Crippen molar-refractivity contribution < 1.29 is 23.5 Å². The predicted octanol–water partition coefficient (Wildman–Crippen LogP) is 3.49. The number of piperazine rings is 1. The molecule has 0 spiro atoms. The highest BCUT2D eigenvalue weighted by atomic mass is 35.5. The first kappa shape index (κ1) is 23.6. The summed E-state index contributed by atoms with van der Waals surface area (Å²) in [6.07, 6.45) is 0. The molecule has 8 nitrogen and oxygen atoms in total. The van der Waals surface area contributed by atoms with Gasteiger partial charge in [-0.1, -0.05) is 11.6 Å². The van der Waals surface area contributed by atoms with Crippen LogP contribution in [0.25, 0.3) is 5.69 Å². The molecule has 10 heteroatoms. The molecule has 178 valence electrons. The van der Waals surface area contributed by atoms with Crippen LogP contribution in [0.5, 0.6) is 5.75 Å². The third kappa shape index (κ3) is 4.99. The Hall–Kier alpha value is -3.59. The summed E-state index contributed by atoms with van der Waals surface area (Å²) in [6, 6.07) is 13.3. The van der Waals surface area contributed by atoms with E-state index in [0.29, 0.717) is 37.6 Å². The number of nitrogens with zero attached hydrogens (tertiary/aromatic N) is 4. The quantitative estimate of drug-likeness (QED) is 0.496. The van der Waals surface area contributed by atoms with E-state index in [0.717, 1.165) is 11.4 Å². The fourth-order valence-corrected chi connectivity index (χ4v) is 4.13. The van der Waals surface area contributed by atoms with Crippen molar-refractivity contribution in [2.75, 3.05) is 44.8 Å². The van der Waals surface area contributed by atoms with E-state index in [1.165, 1.54) is 28.9 Å². The molecule has 3 aromatic rings. The monoisotopic (exact) mass is 486 g/mol. The van der Waals surface area contributed by atoms with Gasteiger partial charge in [-0.2, -0.15) is 5.10 Å². The lowest BCUT2D eigenvalue weighted by atomic mass is 10.2. The Morgan fingerprint density at radius 3 is 2.24 bits per heavy atom. The van der Waals surface area contributed by atoms with Gasteiger partial charge in [-0.25, -0.2) is 13.9 Å². The number of amides is 1. The predicted molar refractivity (Wildman–Crippen MR) is 125 cm³/mol. The molecular formula is C24H24ClFN4O4. The highest BCUT2D eigenvalue weighted by Crippen LogP contribution is 2.25. The van der Waals surface area contributed by atoms with Crippen molar-refractivity contribution >= 4 is 29.2 Å². The molecule has 0 bridgehead atoms. The molecule has 0 radical (unpaired) electrons. The normalized spacial score (nSPS) is 13.6. The molecule has 4 rings (SSSR count). The zero-order chi connectivity index (χ0) is 24.2. The molecule has 2 heterocycles. The number of rotatable bonds is 6. The first-order chi connectivity index (χ1) is 16.4. The Bertz CT molecular complexity index is 1170. The van der Waals surface area contributed by atoms with E-state index in [2.05, 4.69) is 10.00 Å². The molecule has 1 amide bonds. The molecule has 0 saturated carbocycles. The third-order valence-corrected chi connectivity index (χ3v) is 6.03. The average molecular weight is 487 g/mol. The van der Waals surface area contributed by atoms with Crippen LogP contribution in [0.2, 0.25) is 5.15 Å². The summed E-state index contributed by atoms with van der Waals surface area (Å²) in [7, 11) is 1.62. The van der Waals surface area contributed by atoms with Crippen molar-refractivity contribution in [2.45, 2.75) is 6.92 Å². The Labute approximate surface area is 201 Å². The fourth-order valence-electron chi connectivity index (χ4n) is 3.78. The van der Waals surface area contributed by atoms with E-state index < -0.39 is 18.4 Å². The van der Waals surface area contributed by atoms with Gasteiger partial charge < -0.3 is 19.3 Å². The van der Waals surface area contributed by atoms with Crippen molar-refractivity contribution in [2.24, 2.45) is 0 Å². The fraction of sp³-hybridized carbons (Fsp3) is 0.292. The molecule has 1 aliphatic heterocycles. The number of aryl methyl sites for hydroxylation is 1. The second-order valence-corrected chi connectivity index (χ2v) is 8.14. The SMILES string of the molecule is COc1ccc(N2CCN(C(=O)COC(=O)c3c(C)nn(-c4ccc(F)cc4)c3Cl)CC2)cc1. The number of methoxy groups -OCH3 is 1. The number of carbonyl (C=O) groups excluding carboxylic acids is 2. The molecular weight excluding hydrogens is 463 g/mol. The molecule has 34 heavy (non-hydrogen) atoms. The van der Waals surface area contributed by atoms with Crippen LogP contribution in [0.1, 0.15) is 16.1 Å². The molecule has 0 aliphatic carbocycles. The van der Waals surface area contributed by atoms with Gasteiger partial charge in [0, 0.05) is 31.9 Å². The van der Waals surface area contributed by atoms with Crippen LogP contribution in [0, 0.1) is 12.7 Å². The third-order valence-electron chi connectivity index (χ3n) is 5.68. The van der Waals surface area contributed by atoms with Crippen LogP contribution < -0.4 is 9.64 Å². The van der Waals surface area contributed by atoms with Crippen LogP contribution in [0.15, 0.2) is 48.5 Å². The van der Waals surface area contributed by atoms with Crippen molar-refractivity contribution in [3.63, 3.8) is 0 Å². The summed E-state index contributed by atoms with van der Waals surface area (Å²) in [4.78, 5) is 29.1. The smallest absolute Gasteiger partial charge is 0.343 e. The summed E-state index contributed by atoms with van der Waals surface area (Å²) >= 11 is 6.35. The van der Waals surface area contributed by atoms with E-state index in [9.17, 15) is 14.0 Å². The van der Waals surface area contributed by atoms with Gasteiger partial charge >= 0.3 is 5.97 Å². The molecule has 2 aromatic carbocycles. The number of anilines is 1. The van der Waals surface area contributed by atoms with Crippen LogP contribution in [0.3, 0.4) is 0 Å². The Kier molecular flexibility index (Phi) is 7.02. The maximum absolute atomic E-state index is 13.2. The lowest BCUT2D eigenvalue weighted by Gasteiger charge is -2.36. The molecule has 1 aliphatic rings. The van der Waals surface area contributed by atoms with Gasteiger partial charge in [0.1, 0.15) is 22.3 Å². The first-order valence-electron chi connectivity index (χ1n) is 10.7. The zero-order valence-electron chi connectivity index (χ0n) is 18.8. The van der Waals surface area contributed by atoms with Gasteiger partial charge in [0.15, 0.2) is 6.61 Å². The number of aromatic nitrogens is 2. The highest BCUT2D eigenvalue weighted by Gasteiger charge is 2.26. The zero-order valence-corrected chi connectivity index (χ0v) is 19.6.